The van der Waals surface area contributed by atoms with Crippen molar-refractivity contribution in [2.75, 3.05) is 0 Å². The summed E-state index contributed by atoms with van der Waals surface area (Å²) in [6.45, 7) is 1.24. The normalized spacial score (nSPS) is 15.1. The second-order valence-corrected chi connectivity index (χ2v) is 6.79. The average molecular weight is 363 g/mol. The van der Waals surface area contributed by atoms with Gasteiger partial charge in [0, 0.05) is 12.5 Å². The summed E-state index contributed by atoms with van der Waals surface area (Å²) in [6, 6.07) is 10.1. The monoisotopic (exact) mass is 363 g/mol. The average Bonchev–Trinajstić information content (AvgIpc) is 2.75. The molecule has 0 radical (unpaired) electrons. The Kier molecular flexibility index (Phi) is 4.21. The van der Waals surface area contributed by atoms with Gasteiger partial charge in [-0.1, -0.05) is 12.1 Å². The van der Waals surface area contributed by atoms with Crippen LogP contribution in [0.2, 0.25) is 0 Å². The summed E-state index contributed by atoms with van der Waals surface area (Å²) >= 11 is 0. The maximum absolute atomic E-state index is 13.2. The van der Waals surface area contributed by atoms with Crippen molar-refractivity contribution in [3.05, 3.63) is 65.2 Å². The van der Waals surface area contributed by atoms with E-state index in [2.05, 4.69) is 4.57 Å². The number of benzene rings is 2. The Morgan fingerprint density at radius 3 is 2.46 bits per heavy atom. The maximum Gasteiger partial charge on any atom is 0.416 e. The van der Waals surface area contributed by atoms with Gasteiger partial charge in [0.1, 0.15) is 12.4 Å². The van der Waals surface area contributed by atoms with Crippen LogP contribution >= 0.6 is 0 Å². The van der Waals surface area contributed by atoms with Gasteiger partial charge in [0.2, 0.25) is 0 Å². The fraction of sp³-hybridized carbons (Fsp3) is 0.350. The molecule has 0 fully saturated rings. The highest BCUT2D eigenvalue weighted by atomic mass is 19.4. The lowest BCUT2D eigenvalue weighted by Crippen LogP contribution is -2.37. The lowest BCUT2D eigenvalue weighted by molar-refractivity contribution is -0.678. The highest BCUT2D eigenvalue weighted by Crippen LogP contribution is 2.32. The minimum atomic E-state index is -4.37. The Labute approximate surface area is 148 Å². The molecule has 1 aliphatic rings. The maximum atomic E-state index is 13.2. The van der Waals surface area contributed by atoms with E-state index in [0.717, 1.165) is 55.2 Å². The number of aryl methyl sites for hydroxylation is 1. The molecule has 3 aromatic rings. The minimum absolute atomic E-state index is 0.321. The molecule has 0 amide bonds. The van der Waals surface area contributed by atoms with Crippen LogP contribution in [0.1, 0.15) is 36.2 Å². The van der Waals surface area contributed by atoms with Crippen molar-refractivity contribution in [3.63, 3.8) is 0 Å². The zero-order chi connectivity index (χ0) is 18.3. The highest BCUT2D eigenvalue weighted by molar-refractivity contribution is 5.74. The van der Waals surface area contributed by atoms with Crippen molar-refractivity contribution in [3.8, 4) is 0 Å². The van der Waals surface area contributed by atoms with Crippen molar-refractivity contribution >= 4 is 11.0 Å². The lowest BCUT2D eigenvalue weighted by atomic mass is 10.1. The third-order valence-electron chi connectivity index (χ3n) is 5.04. The van der Waals surface area contributed by atoms with Gasteiger partial charge in [-0.15, -0.1) is 0 Å². The van der Waals surface area contributed by atoms with Crippen molar-refractivity contribution in [2.24, 2.45) is 0 Å². The Morgan fingerprint density at radius 1 is 0.962 bits per heavy atom. The molecule has 0 unspecified atom stereocenters. The van der Waals surface area contributed by atoms with Crippen LogP contribution in [0.15, 0.2) is 42.5 Å². The summed E-state index contributed by atoms with van der Waals surface area (Å²) in [4.78, 5) is 0. The van der Waals surface area contributed by atoms with E-state index in [1.807, 2.05) is 4.57 Å². The number of hydrogen-bond acceptors (Lipinski definition) is 0. The number of imidazole rings is 1. The first kappa shape index (κ1) is 17.1. The predicted octanol–water partition coefficient (Wildman–Crippen LogP) is 4.86. The molecule has 2 nitrogen and oxygen atoms in total. The number of hydrogen-bond donors (Lipinski definition) is 0. The Hall–Kier alpha value is -2.37. The molecule has 6 heteroatoms. The first-order valence-electron chi connectivity index (χ1n) is 8.80. The standard InChI is InChI=1S/C20H19F4N2/c21-16-8-5-14(6-9-16)13-26-18-12-15(20(22,23)24)7-10-17(18)25-11-3-1-2-4-19(25)26/h5-10,12H,1-4,11,13H2/q+1. The van der Waals surface area contributed by atoms with Crippen LogP contribution in [0.4, 0.5) is 17.6 Å². The van der Waals surface area contributed by atoms with Crippen LogP contribution in [0.25, 0.3) is 11.0 Å². The number of alkyl halides is 3. The molecule has 0 aliphatic carbocycles. The molecular formula is C20H19F4N2+. The molecule has 136 valence electrons. The molecule has 2 heterocycles. The van der Waals surface area contributed by atoms with Crippen LogP contribution in [-0.4, -0.2) is 4.57 Å². The van der Waals surface area contributed by atoms with Gasteiger partial charge < -0.3 is 0 Å². The molecule has 2 aromatic carbocycles. The van der Waals surface area contributed by atoms with E-state index in [4.69, 9.17) is 0 Å². The van der Waals surface area contributed by atoms with Gasteiger partial charge in [-0.25, -0.2) is 13.5 Å². The number of halogens is 4. The van der Waals surface area contributed by atoms with Gasteiger partial charge in [-0.3, -0.25) is 0 Å². The minimum Gasteiger partial charge on any atom is -0.227 e. The first-order chi connectivity index (χ1) is 12.4. The van der Waals surface area contributed by atoms with Crippen molar-refractivity contribution < 1.29 is 22.1 Å². The predicted molar refractivity (Wildman–Crippen MR) is 90.2 cm³/mol. The van der Waals surface area contributed by atoms with E-state index in [9.17, 15) is 17.6 Å². The molecule has 1 aromatic heterocycles. The van der Waals surface area contributed by atoms with E-state index in [0.29, 0.717) is 12.1 Å². The molecule has 0 atom stereocenters. The van der Waals surface area contributed by atoms with Crippen LogP contribution in [0, 0.1) is 5.82 Å². The van der Waals surface area contributed by atoms with Crippen LogP contribution in [0.3, 0.4) is 0 Å². The van der Waals surface area contributed by atoms with Crippen molar-refractivity contribution in [2.45, 2.75) is 44.9 Å². The summed E-state index contributed by atoms with van der Waals surface area (Å²) in [5.41, 5.74) is 1.64. The smallest absolute Gasteiger partial charge is 0.227 e. The third-order valence-corrected chi connectivity index (χ3v) is 5.04. The second-order valence-electron chi connectivity index (χ2n) is 6.79. The summed E-state index contributed by atoms with van der Waals surface area (Å²) < 4.78 is 56.9. The van der Waals surface area contributed by atoms with E-state index in [1.165, 1.54) is 18.2 Å². The van der Waals surface area contributed by atoms with E-state index in [1.54, 1.807) is 18.2 Å². The van der Waals surface area contributed by atoms with Gasteiger partial charge in [0.15, 0.2) is 11.0 Å². The molecular weight excluding hydrogens is 344 g/mol. The number of rotatable bonds is 2. The summed E-state index contributed by atoms with van der Waals surface area (Å²) in [5.74, 6) is 0.722. The van der Waals surface area contributed by atoms with E-state index < -0.39 is 11.7 Å². The molecule has 0 N–H and O–H groups in total. The SMILES string of the molecule is Fc1ccc(Cn2c3[n+](c4ccc(C(F)(F)F)cc42)CCCCC3)cc1. The summed E-state index contributed by atoms with van der Waals surface area (Å²) in [5, 5.41) is 0. The van der Waals surface area contributed by atoms with E-state index >= 15 is 0 Å². The van der Waals surface area contributed by atoms with Gasteiger partial charge in [0.25, 0.3) is 5.82 Å². The molecule has 4 rings (SSSR count). The molecule has 0 saturated heterocycles. The molecule has 26 heavy (non-hydrogen) atoms. The largest absolute Gasteiger partial charge is 0.416 e. The highest BCUT2D eigenvalue weighted by Gasteiger charge is 2.34. The van der Waals surface area contributed by atoms with Crippen molar-refractivity contribution in [1.29, 1.82) is 0 Å². The number of aromatic nitrogens is 2. The summed E-state index contributed by atoms with van der Waals surface area (Å²) in [7, 11) is 0. The molecule has 1 aliphatic heterocycles. The Balaban J connectivity index is 1.89. The fourth-order valence-electron chi connectivity index (χ4n) is 3.77. The zero-order valence-electron chi connectivity index (χ0n) is 14.2. The topological polar surface area (TPSA) is 8.81 Å². The molecule has 0 bridgehead atoms. The van der Waals surface area contributed by atoms with Gasteiger partial charge in [0.05, 0.1) is 12.1 Å². The molecule has 0 saturated carbocycles. The zero-order valence-corrected chi connectivity index (χ0v) is 14.2. The summed E-state index contributed by atoms with van der Waals surface area (Å²) in [6.07, 6.45) is -0.390. The first-order valence-corrected chi connectivity index (χ1v) is 8.80. The molecule has 0 spiro atoms. The van der Waals surface area contributed by atoms with Gasteiger partial charge in [-0.2, -0.15) is 13.2 Å². The third kappa shape index (κ3) is 3.08. The Morgan fingerprint density at radius 2 is 1.73 bits per heavy atom. The van der Waals surface area contributed by atoms with Gasteiger partial charge >= 0.3 is 6.18 Å². The lowest BCUT2D eigenvalue weighted by Gasteiger charge is -2.06. The van der Waals surface area contributed by atoms with Crippen LogP contribution in [0.5, 0.6) is 0 Å². The van der Waals surface area contributed by atoms with Crippen LogP contribution < -0.4 is 4.57 Å². The quantitative estimate of drug-likeness (QED) is 0.454. The number of fused-ring (bicyclic) bond motifs is 3. The fourth-order valence-corrected chi connectivity index (χ4v) is 3.77. The van der Waals surface area contributed by atoms with Gasteiger partial charge in [-0.05, 0) is 49.1 Å². The van der Waals surface area contributed by atoms with Crippen molar-refractivity contribution in [1.82, 2.24) is 4.57 Å². The number of nitrogens with zero attached hydrogens (tertiary/aromatic N) is 2. The Bertz CT molecular complexity index is 939. The second kappa shape index (κ2) is 6.41. The van der Waals surface area contributed by atoms with E-state index in [-0.39, 0.29) is 5.82 Å². The van der Waals surface area contributed by atoms with Crippen LogP contribution in [-0.2, 0) is 25.7 Å².